The number of nitriles is 1. The van der Waals surface area contributed by atoms with E-state index < -0.39 is 0 Å². The van der Waals surface area contributed by atoms with Crippen molar-refractivity contribution in [3.05, 3.63) is 34.7 Å². The van der Waals surface area contributed by atoms with Crippen molar-refractivity contribution >= 4 is 17.3 Å². The maximum atomic E-state index is 8.80. The summed E-state index contributed by atoms with van der Waals surface area (Å²) in [4.78, 5) is 4.07. The van der Waals surface area contributed by atoms with Gasteiger partial charge in [-0.3, -0.25) is 0 Å². The Bertz CT molecular complexity index is 562. The zero-order chi connectivity index (χ0) is 11.7. The molecule has 0 aliphatic carbocycles. The molecule has 5 nitrogen and oxygen atoms in total. The Hall–Kier alpha value is -2.06. The molecule has 16 heavy (non-hydrogen) atoms. The van der Waals surface area contributed by atoms with Gasteiger partial charge in [-0.25, -0.2) is 9.67 Å². The molecular weight excluding hydrogens is 226 g/mol. The fourth-order valence-corrected chi connectivity index (χ4v) is 1.36. The largest absolute Gasteiger partial charge is 0.396 e. The molecule has 2 N–H and O–H groups in total. The first-order valence-corrected chi connectivity index (χ1v) is 4.88. The third-order valence-electron chi connectivity index (χ3n) is 2.09. The van der Waals surface area contributed by atoms with E-state index in [0.29, 0.717) is 22.2 Å². The number of hydrogen-bond donors (Lipinski definition) is 1. The van der Waals surface area contributed by atoms with Crippen molar-refractivity contribution in [3.8, 4) is 11.9 Å². The highest BCUT2D eigenvalue weighted by atomic mass is 35.5. The minimum atomic E-state index is 0.182. The molecule has 0 unspecified atom stereocenters. The average molecular weight is 234 g/mol. The summed E-state index contributed by atoms with van der Waals surface area (Å²) in [5.74, 6) is 0.515. The number of halogens is 1. The molecule has 2 aromatic rings. The third-order valence-corrected chi connectivity index (χ3v) is 2.46. The maximum absolute atomic E-state index is 8.80. The van der Waals surface area contributed by atoms with E-state index in [1.807, 2.05) is 6.07 Å². The topological polar surface area (TPSA) is 80.5 Å². The fraction of sp³-hybridized carbons (Fsp3) is 0.100. The number of nitrogens with zero attached hydrogens (tertiary/aromatic N) is 4. The lowest BCUT2D eigenvalue weighted by atomic mass is 10.3. The number of nitrogens with two attached hydrogens (primary N) is 1. The molecule has 80 valence electrons. The third kappa shape index (κ3) is 1.71. The molecule has 2 rings (SSSR count). The molecule has 0 bridgehead atoms. The van der Waals surface area contributed by atoms with Gasteiger partial charge in [-0.15, -0.1) is 0 Å². The number of pyridine rings is 1. The van der Waals surface area contributed by atoms with Crippen LogP contribution in [0.5, 0.6) is 0 Å². The van der Waals surface area contributed by atoms with E-state index >= 15 is 0 Å². The zero-order valence-electron chi connectivity index (χ0n) is 8.48. The van der Waals surface area contributed by atoms with Crippen LogP contribution in [-0.2, 0) is 0 Å². The summed E-state index contributed by atoms with van der Waals surface area (Å²) in [7, 11) is 0. The van der Waals surface area contributed by atoms with Crippen LogP contribution in [-0.4, -0.2) is 14.8 Å². The highest BCUT2D eigenvalue weighted by Crippen LogP contribution is 2.16. The first-order chi connectivity index (χ1) is 7.61. The van der Waals surface area contributed by atoms with Gasteiger partial charge in [0, 0.05) is 0 Å². The molecule has 0 saturated heterocycles. The molecule has 0 amide bonds. The predicted molar refractivity (Wildman–Crippen MR) is 60.2 cm³/mol. The standard InChI is InChI=1S/C10H8ClN5/c1-6-7(11)5-16(15-6)10-3-2-8(13)9(4-12)14-10/h2-3,5H,13H2,1H3. The normalized spacial score (nSPS) is 10.1. The summed E-state index contributed by atoms with van der Waals surface area (Å²) in [6.07, 6.45) is 1.64. The van der Waals surface area contributed by atoms with E-state index in [0.717, 1.165) is 0 Å². The lowest BCUT2D eigenvalue weighted by molar-refractivity contribution is 0.831. The van der Waals surface area contributed by atoms with E-state index in [4.69, 9.17) is 22.6 Å². The highest BCUT2D eigenvalue weighted by molar-refractivity contribution is 6.31. The second-order valence-corrected chi connectivity index (χ2v) is 3.63. The molecular formula is C10H8ClN5. The summed E-state index contributed by atoms with van der Waals surface area (Å²) in [5.41, 5.74) is 6.81. The number of aryl methyl sites for hydroxylation is 1. The Kier molecular flexibility index (Phi) is 2.50. The number of nitrogen functional groups attached to an aromatic ring is 1. The van der Waals surface area contributed by atoms with Crippen LogP contribution in [0.4, 0.5) is 5.69 Å². The average Bonchev–Trinajstić information content (AvgIpc) is 2.60. The molecule has 0 fully saturated rings. The molecule has 0 aliphatic rings. The van der Waals surface area contributed by atoms with Crippen molar-refractivity contribution < 1.29 is 0 Å². The van der Waals surface area contributed by atoms with E-state index in [1.54, 1.807) is 25.3 Å². The highest BCUT2D eigenvalue weighted by Gasteiger charge is 2.07. The molecule has 0 aliphatic heterocycles. The Morgan fingerprint density at radius 2 is 2.25 bits per heavy atom. The van der Waals surface area contributed by atoms with Crippen LogP contribution in [0, 0.1) is 18.3 Å². The van der Waals surface area contributed by atoms with Crippen molar-refractivity contribution in [3.63, 3.8) is 0 Å². The monoisotopic (exact) mass is 233 g/mol. The van der Waals surface area contributed by atoms with Crippen LogP contribution >= 0.6 is 11.6 Å². The van der Waals surface area contributed by atoms with Crippen LogP contribution in [0.2, 0.25) is 5.02 Å². The van der Waals surface area contributed by atoms with Crippen LogP contribution in [0.15, 0.2) is 18.3 Å². The van der Waals surface area contributed by atoms with Crippen molar-refractivity contribution in [1.82, 2.24) is 14.8 Å². The Balaban J connectivity index is 2.53. The first-order valence-electron chi connectivity index (χ1n) is 4.50. The van der Waals surface area contributed by atoms with Gasteiger partial charge in [0.2, 0.25) is 0 Å². The molecule has 0 saturated carbocycles. The molecule has 0 spiro atoms. The molecule has 6 heteroatoms. The van der Waals surface area contributed by atoms with Crippen molar-refractivity contribution in [2.75, 3.05) is 5.73 Å². The summed E-state index contributed by atoms with van der Waals surface area (Å²) in [6, 6.07) is 5.21. The van der Waals surface area contributed by atoms with Crippen LogP contribution in [0.3, 0.4) is 0 Å². The molecule has 2 heterocycles. The number of hydrogen-bond acceptors (Lipinski definition) is 4. The second kappa shape index (κ2) is 3.83. The molecule has 0 aromatic carbocycles. The van der Waals surface area contributed by atoms with E-state index in [1.165, 1.54) is 4.68 Å². The van der Waals surface area contributed by atoms with Gasteiger partial charge < -0.3 is 5.73 Å². The summed E-state index contributed by atoms with van der Waals surface area (Å²) in [5, 5.41) is 13.5. The smallest absolute Gasteiger partial charge is 0.165 e. The van der Waals surface area contributed by atoms with Crippen molar-refractivity contribution in [1.29, 1.82) is 5.26 Å². The minimum Gasteiger partial charge on any atom is -0.396 e. The minimum absolute atomic E-state index is 0.182. The lowest BCUT2D eigenvalue weighted by Crippen LogP contribution is -2.02. The number of aromatic nitrogens is 3. The Morgan fingerprint density at radius 3 is 2.81 bits per heavy atom. The SMILES string of the molecule is Cc1nn(-c2ccc(N)c(C#N)n2)cc1Cl. The summed E-state index contributed by atoms with van der Waals surface area (Å²) >= 11 is 5.88. The molecule has 0 radical (unpaired) electrons. The second-order valence-electron chi connectivity index (χ2n) is 3.23. The molecule has 2 aromatic heterocycles. The summed E-state index contributed by atoms with van der Waals surface area (Å²) in [6.45, 7) is 1.79. The zero-order valence-corrected chi connectivity index (χ0v) is 9.23. The van der Waals surface area contributed by atoms with Gasteiger partial charge in [0.1, 0.15) is 6.07 Å². The van der Waals surface area contributed by atoms with E-state index in [-0.39, 0.29) is 5.69 Å². The maximum Gasteiger partial charge on any atom is 0.165 e. The van der Waals surface area contributed by atoms with Crippen molar-refractivity contribution in [2.24, 2.45) is 0 Å². The van der Waals surface area contributed by atoms with Gasteiger partial charge in [-0.1, -0.05) is 11.6 Å². The Labute approximate surface area is 97.1 Å². The van der Waals surface area contributed by atoms with E-state index in [2.05, 4.69) is 10.1 Å². The van der Waals surface area contributed by atoms with Gasteiger partial charge in [-0.2, -0.15) is 10.4 Å². The first kappa shape index (κ1) is 10.5. The quantitative estimate of drug-likeness (QED) is 0.813. The van der Waals surface area contributed by atoms with Gasteiger partial charge in [0.15, 0.2) is 11.5 Å². The fourth-order valence-electron chi connectivity index (χ4n) is 1.23. The van der Waals surface area contributed by atoms with Gasteiger partial charge in [0.25, 0.3) is 0 Å². The van der Waals surface area contributed by atoms with E-state index in [9.17, 15) is 0 Å². The van der Waals surface area contributed by atoms with Crippen LogP contribution in [0.1, 0.15) is 11.4 Å². The van der Waals surface area contributed by atoms with Crippen LogP contribution < -0.4 is 5.73 Å². The lowest BCUT2D eigenvalue weighted by Gasteiger charge is -2.01. The van der Waals surface area contributed by atoms with Gasteiger partial charge in [0.05, 0.1) is 22.6 Å². The number of rotatable bonds is 1. The van der Waals surface area contributed by atoms with Crippen LogP contribution in [0.25, 0.3) is 5.82 Å². The predicted octanol–water partition coefficient (Wildman–Crippen LogP) is 1.68. The van der Waals surface area contributed by atoms with Gasteiger partial charge >= 0.3 is 0 Å². The molecule has 0 atom stereocenters. The van der Waals surface area contributed by atoms with Crippen molar-refractivity contribution in [2.45, 2.75) is 6.92 Å². The summed E-state index contributed by atoms with van der Waals surface area (Å²) < 4.78 is 1.51. The number of anilines is 1. The Morgan fingerprint density at radius 1 is 1.50 bits per heavy atom. The van der Waals surface area contributed by atoms with Gasteiger partial charge in [-0.05, 0) is 19.1 Å².